The number of piperidine rings is 1. The maximum absolute atomic E-state index is 11.5. The molecule has 6 nitrogen and oxygen atoms in total. The third-order valence-corrected chi connectivity index (χ3v) is 5.36. The summed E-state index contributed by atoms with van der Waals surface area (Å²) in [5.41, 5.74) is 6.93. The summed E-state index contributed by atoms with van der Waals surface area (Å²) in [7, 11) is -3.74. The molecule has 2 saturated heterocycles. The highest BCUT2D eigenvalue weighted by Crippen LogP contribution is 2.30. The minimum Gasteiger partial charge on any atom is -0.399 e. The first-order valence-electron chi connectivity index (χ1n) is 7.37. The first-order valence-corrected chi connectivity index (χ1v) is 8.92. The first-order chi connectivity index (χ1) is 9.93. The number of nitrogens with one attached hydrogen (secondary N) is 1. The average molecular weight is 310 g/mol. The minimum atomic E-state index is -3.74. The van der Waals surface area contributed by atoms with Gasteiger partial charge in [-0.1, -0.05) is 6.42 Å². The van der Waals surface area contributed by atoms with Crippen LogP contribution in [0.5, 0.6) is 0 Å². The highest BCUT2D eigenvalue weighted by atomic mass is 32.2. The van der Waals surface area contributed by atoms with Gasteiger partial charge in [0.05, 0.1) is 4.90 Å². The maximum atomic E-state index is 11.5. The number of anilines is 2. The Balaban J connectivity index is 1.80. The van der Waals surface area contributed by atoms with Crippen molar-refractivity contribution in [3.8, 4) is 0 Å². The molecule has 1 aromatic rings. The van der Waals surface area contributed by atoms with Crippen LogP contribution in [0.15, 0.2) is 23.1 Å². The molecule has 0 aliphatic carbocycles. The Kier molecular flexibility index (Phi) is 3.81. The number of fused-ring (bicyclic) bond motifs is 1. The molecule has 0 saturated carbocycles. The summed E-state index contributed by atoms with van der Waals surface area (Å²) in [6, 6.07) is 5.61. The van der Waals surface area contributed by atoms with Gasteiger partial charge in [0.2, 0.25) is 10.0 Å². The molecule has 2 heterocycles. The Hall–Kier alpha value is -1.31. The monoisotopic (exact) mass is 310 g/mol. The van der Waals surface area contributed by atoms with Crippen molar-refractivity contribution in [2.45, 2.75) is 42.7 Å². The molecule has 2 fully saturated rings. The van der Waals surface area contributed by atoms with E-state index in [0.29, 0.717) is 17.8 Å². The fourth-order valence-corrected chi connectivity index (χ4v) is 4.09. The summed E-state index contributed by atoms with van der Waals surface area (Å²) in [6.07, 6.45) is 4.81. The van der Waals surface area contributed by atoms with Gasteiger partial charge in [-0.25, -0.2) is 13.6 Å². The molecule has 0 spiro atoms. The zero-order valence-corrected chi connectivity index (χ0v) is 12.8. The van der Waals surface area contributed by atoms with Gasteiger partial charge in [0.1, 0.15) is 0 Å². The van der Waals surface area contributed by atoms with Crippen molar-refractivity contribution in [1.82, 2.24) is 4.90 Å². The summed E-state index contributed by atoms with van der Waals surface area (Å²) < 4.78 is 23.0. The van der Waals surface area contributed by atoms with Crippen molar-refractivity contribution in [1.29, 1.82) is 0 Å². The molecular weight excluding hydrogens is 288 g/mol. The molecule has 5 N–H and O–H groups in total. The highest BCUT2D eigenvalue weighted by Gasteiger charge is 2.35. The topological polar surface area (TPSA) is 101 Å². The normalized spacial score (nSPS) is 26.5. The zero-order valence-electron chi connectivity index (χ0n) is 12.0. The van der Waals surface area contributed by atoms with Crippen LogP contribution in [0.1, 0.15) is 25.7 Å². The van der Waals surface area contributed by atoms with Crippen molar-refractivity contribution in [2.75, 3.05) is 24.1 Å². The van der Waals surface area contributed by atoms with E-state index < -0.39 is 10.0 Å². The SMILES string of the molecule is Nc1cc(NC2CCN3CCCCC23)cc(S(N)(=O)=O)c1. The number of hydrogen-bond acceptors (Lipinski definition) is 5. The van der Waals surface area contributed by atoms with E-state index in [0.717, 1.165) is 18.7 Å². The van der Waals surface area contributed by atoms with Gasteiger partial charge in [-0.15, -0.1) is 0 Å². The third-order valence-electron chi connectivity index (χ3n) is 4.47. The Morgan fingerprint density at radius 1 is 1.14 bits per heavy atom. The van der Waals surface area contributed by atoms with E-state index in [1.165, 1.54) is 31.9 Å². The number of benzene rings is 1. The molecule has 1 aromatic carbocycles. The van der Waals surface area contributed by atoms with E-state index in [1.54, 1.807) is 12.1 Å². The maximum Gasteiger partial charge on any atom is 0.238 e. The van der Waals surface area contributed by atoms with E-state index >= 15 is 0 Å². The minimum absolute atomic E-state index is 0.0588. The van der Waals surface area contributed by atoms with Crippen LogP contribution in [0, 0.1) is 0 Å². The van der Waals surface area contributed by atoms with Crippen molar-refractivity contribution in [3.05, 3.63) is 18.2 Å². The predicted octanol–water partition coefficient (Wildman–Crippen LogP) is 0.955. The lowest BCUT2D eigenvalue weighted by Gasteiger charge is -2.33. The van der Waals surface area contributed by atoms with E-state index in [9.17, 15) is 8.42 Å². The number of rotatable bonds is 3. The Labute approximate surface area is 125 Å². The molecule has 7 heteroatoms. The lowest BCUT2D eigenvalue weighted by molar-refractivity contribution is 0.193. The number of nitrogen functional groups attached to an aromatic ring is 1. The van der Waals surface area contributed by atoms with Gasteiger partial charge in [0, 0.05) is 30.0 Å². The molecule has 2 aliphatic heterocycles. The van der Waals surface area contributed by atoms with Crippen molar-refractivity contribution in [2.24, 2.45) is 5.14 Å². The number of primary sulfonamides is 1. The molecule has 3 rings (SSSR count). The van der Waals surface area contributed by atoms with Crippen molar-refractivity contribution < 1.29 is 8.42 Å². The van der Waals surface area contributed by atoms with Gasteiger partial charge < -0.3 is 11.1 Å². The summed E-state index contributed by atoms with van der Waals surface area (Å²) in [4.78, 5) is 2.58. The smallest absolute Gasteiger partial charge is 0.238 e. The van der Waals surface area contributed by atoms with Crippen molar-refractivity contribution >= 4 is 21.4 Å². The second-order valence-electron chi connectivity index (χ2n) is 5.97. The van der Waals surface area contributed by atoms with Crippen LogP contribution in [0.2, 0.25) is 0 Å². The van der Waals surface area contributed by atoms with Gasteiger partial charge in [-0.3, -0.25) is 4.90 Å². The molecule has 116 valence electrons. The molecule has 0 amide bonds. The highest BCUT2D eigenvalue weighted by molar-refractivity contribution is 7.89. The van der Waals surface area contributed by atoms with Crippen LogP contribution in [0.3, 0.4) is 0 Å². The van der Waals surface area contributed by atoms with Gasteiger partial charge in [-0.05, 0) is 44.0 Å². The Bertz CT molecular complexity index is 632. The van der Waals surface area contributed by atoms with Crippen LogP contribution in [0.4, 0.5) is 11.4 Å². The molecule has 2 atom stereocenters. The molecule has 0 radical (unpaired) electrons. The summed E-state index contributed by atoms with van der Waals surface area (Å²) >= 11 is 0. The van der Waals surface area contributed by atoms with Gasteiger partial charge in [-0.2, -0.15) is 0 Å². The second kappa shape index (κ2) is 5.47. The van der Waals surface area contributed by atoms with Gasteiger partial charge >= 0.3 is 0 Å². The van der Waals surface area contributed by atoms with Crippen LogP contribution in [-0.4, -0.2) is 38.5 Å². The molecule has 0 bridgehead atoms. The summed E-state index contributed by atoms with van der Waals surface area (Å²) in [5, 5.41) is 8.64. The van der Waals surface area contributed by atoms with Crippen LogP contribution in [0.25, 0.3) is 0 Å². The Morgan fingerprint density at radius 3 is 2.71 bits per heavy atom. The van der Waals surface area contributed by atoms with E-state index in [2.05, 4.69) is 10.2 Å². The molecule has 21 heavy (non-hydrogen) atoms. The molecule has 0 aromatic heterocycles. The van der Waals surface area contributed by atoms with Crippen molar-refractivity contribution in [3.63, 3.8) is 0 Å². The van der Waals surface area contributed by atoms with Gasteiger partial charge in [0.25, 0.3) is 0 Å². The number of hydrogen-bond donors (Lipinski definition) is 3. The summed E-state index contributed by atoms with van der Waals surface area (Å²) in [5.74, 6) is 0. The van der Waals surface area contributed by atoms with E-state index in [-0.39, 0.29) is 4.90 Å². The van der Waals surface area contributed by atoms with Gasteiger partial charge in [0.15, 0.2) is 0 Å². The fraction of sp³-hybridized carbons (Fsp3) is 0.571. The second-order valence-corrected chi connectivity index (χ2v) is 7.54. The largest absolute Gasteiger partial charge is 0.399 e. The molecule has 2 unspecified atom stereocenters. The standard InChI is InChI=1S/C14H22N4O2S/c15-10-7-11(9-12(8-10)21(16,19)20)17-13-4-6-18-5-2-1-3-14(13)18/h7-9,13-14,17H,1-6,15H2,(H2,16,19,20). The van der Waals surface area contributed by atoms with Crippen LogP contribution < -0.4 is 16.2 Å². The van der Waals surface area contributed by atoms with Crippen LogP contribution in [-0.2, 0) is 10.0 Å². The first kappa shape index (κ1) is 14.6. The lowest BCUT2D eigenvalue weighted by Crippen LogP contribution is -2.41. The molecular formula is C14H22N4O2S. The number of sulfonamides is 1. The molecule has 2 aliphatic rings. The quantitative estimate of drug-likeness (QED) is 0.722. The number of nitrogens with zero attached hydrogens (tertiary/aromatic N) is 1. The number of nitrogens with two attached hydrogens (primary N) is 2. The summed E-state index contributed by atoms with van der Waals surface area (Å²) in [6.45, 7) is 2.27. The predicted molar refractivity (Wildman–Crippen MR) is 83.5 cm³/mol. The van der Waals surface area contributed by atoms with Crippen LogP contribution >= 0.6 is 0 Å². The Morgan fingerprint density at radius 2 is 1.95 bits per heavy atom. The lowest BCUT2D eigenvalue weighted by atomic mass is 9.99. The fourth-order valence-electron chi connectivity index (χ4n) is 3.50. The zero-order chi connectivity index (χ0) is 15.0. The van der Waals surface area contributed by atoms with E-state index in [1.807, 2.05) is 0 Å². The third kappa shape index (κ3) is 3.14. The average Bonchev–Trinajstić information content (AvgIpc) is 2.81. The van der Waals surface area contributed by atoms with E-state index in [4.69, 9.17) is 10.9 Å².